The first kappa shape index (κ1) is 20.7. The molecule has 2 aromatic rings. The van der Waals surface area contributed by atoms with Gasteiger partial charge >= 0.3 is 0 Å². The minimum Gasteiger partial charge on any atom is -0.496 e. The summed E-state index contributed by atoms with van der Waals surface area (Å²) in [6, 6.07) is 15.4. The molecule has 2 nitrogen and oxygen atoms in total. The van der Waals surface area contributed by atoms with Crippen molar-refractivity contribution in [3.05, 3.63) is 42.5 Å². The van der Waals surface area contributed by atoms with Gasteiger partial charge in [0.2, 0.25) is 0 Å². The van der Waals surface area contributed by atoms with Crippen LogP contribution in [0.4, 0.5) is 0 Å². The van der Waals surface area contributed by atoms with Crippen molar-refractivity contribution in [1.82, 2.24) is 0 Å². The summed E-state index contributed by atoms with van der Waals surface area (Å²) in [6.45, 7) is 0. The first-order valence-electron chi connectivity index (χ1n) is 11.5. The Balaban J connectivity index is 1.83. The average molecular weight is 412 g/mol. The van der Waals surface area contributed by atoms with Crippen LogP contribution in [0.2, 0.25) is 0 Å². The smallest absolute Gasteiger partial charge is 0.130 e. The lowest BCUT2D eigenvalue weighted by molar-refractivity contribution is 0.397. The largest absolute Gasteiger partial charge is 0.496 e. The number of ether oxygens (including phenoxy) is 2. The molecule has 2 fully saturated rings. The molecular formula is C26H36O2P+. The van der Waals surface area contributed by atoms with Crippen LogP contribution in [0, 0.1) is 0 Å². The maximum atomic E-state index is 5.80. The monoisotopic (exact) mass is 411 g/mol. The zero-order chi connectivity index (χ0) is 20.1. The van der Waals surface area contributed by atoms with Crippen molar-refractivity contribution in [2.75, 3.05) is 14.2 Å². The summed E-state index contributed by atoms with van der Waals surface area (Å²) in [5.74, 6) is 1.84. The fraction of sp³-hybridized carbons (Fsp3) is 0.538. The molecule has 29 heavy (non-hydrogen) atoms. The van der Waals surface area contributed by atoms with Crippen molar-refractivity contribution in [1.29, 1.82) is 0 Å². The van der Waals surface area contributed by atoms with Crippen LogP contribution in [0.1, 0.15) is 64.2 Å². The van der Waals surface area contributed by atoms with E-state index in [4.69, 9.17) is 9.47 Å². The van der Waals surface area contributed by atoms with E-state index in [1.165, 1.54) is 69.8 Å². The van der Waals surface area contributed by atoms with E-state index in [-0.39, 0.29) is 0 Å². The topological polar surface area (TPSA) is 18.5 Å². The molecule has 2 saturated carbocycles. The third-order valence-corrected chi connectivity index (χ3v) is 11.0. The Kier molecular flexibility index (Phi) is 7.14. The second-order valence-electron chi connectivity index (χ2n) is 8.71. The van der Waals surface area contributed by atoms with Crippen molar-refractivity contribution in [2.24, 2.45) is 0 Å². The molecule has 0 amide bonds. The highest BCUT2D eigenvalue weighted by Gasteiger charge is 2.40. The predicted octanol–water partition coefficient (Wildman–Crippen LogP) is 6.88. The molecule has 2 aliphatic carbocycles. The Morgan fingerprint density at radius 3 is 1.69 bits per heavy atom. The molecule has 0 aromatic heterocycles. The number of methoxy groups -OCH3 is 2. The third kappa shape index (κ3) is 4.48. The zero-order valence-electron chi connectivity index (χ0n) is 18.1. The van der Waals surface area contributed by atoms with Crippen molar-refractivity contribution < 1.29 is 9.47 Å². The Bertz CT molecular complexity index is 751. The van der Waals surface area contributed by atoms with Crippen LogP contribution < -0.4 is 14.8 Å². The molecule has 0 atom stereocenters. The van der Waals surface area contributed by atoms with Crippen molar-refractivity contribution in [3.63, 3.8) is 0 Å². The Hall–Kier alpha value is -1.53. The zero-order valence-corrected chi connectivity index (χ0v) is 19.1. The maximum absolute atomic E-state index is 5.80. The van der Waals surface area contributed by atoms with Crippen molar-refractivity contribution in [3.8, 4) is 22.6 Å². The summed E-state index contributed by atoms with van der Waals surface area (Å²) in [7, 11) is 2.89. The van der Waals surface area contributed by atoms with Crippen LogP contribution in [0.5, 0.6) is 11.5 Å². The van der Waals surface area contributed by atoms with Gasteiger partial charge in [-0.15, -0.1) is 0 Å². The minimum atomic E-state index is -0.660. The number of rotatable bonds is 6. The van der Waals surface area contributed by atoms with E-state index in [0.29, 0.717) is 0 Å². The van der Waals surface area contributed by atoms with Gasteiger partial charge in [0, 0.05) is 13.5 Å². The van der Waals surface area contributed by atoms with Gasteiger partial charge in [0.1, 0.15) is 16.8 Å². The SMILES string of the molecule is COc1cccc(OC)c1-c1ccccc1[PH+](C1CCCCC1)C1CCCCC1. The minimum absolute atomic E-state index is 0.660. The van der Waals surface area contributed by atoms with Crippen LogP contribution in [0.15, 0.2) is 42.5 Å². The van der Waals surface area contributed by atoms with E-state index in [1.54, 1.807) is 19.5 Å². The molecule has 0 spiro atoms. The van der Waals surface area contributed by atoms with Gasteiger partial charge in [-0.1, -0.05) is 37.1 Å². The summed E-state index contributed by atoms with van der Waals surface area (Å²) in [4.78, 5) is 0. The predicted molar refractivity (Wildman–Crippen MR) is 127 cm³/mol. The summed E-state index contributed by atoms with van der Waals surface area (Å²) in [5.41, 5.74) is 4.33. The standard InChI is InChI=1S/C26H35O2P/c1-27-23-17-11-18-24(28-2)26(23)22-16-9-10-19-25(22)29(20-12-5-3-6-13-20)21-14-7-4-8-15-21/h9-11,16-21H,3-8,12-15H2,1-2H3/p+1. The van der Waals surface area contributed by atoms with Crippen LogP contribution in [0.3, 0.4) is 0 Å². The number of hydrogen-bond acceptors (Lipinski definition) is 2. The highest BCUT2D eigenvalue weighted by atomic mass is 31.1. The molecule has 0 aliphatic heterocycles. The van der Waals surface area contributed by atoms with Gasteiger partial charge in [-0.25, -0.2) is 0 Å². The van der Waals surface area contributed by atoms with Crippen LogP contribution in [-0.4, -0.2) is 25.5 Å². The molecule has 0 bridgehead atoms. The van der Waals surface area contributed by atoms with Gasteiger partial charge < -0.3 is 9.47 Å². The highest BCUT2D eigenvalue weighted by Crippen LogP contribution is 2.57. The van der Waals surface area contributed by atoms with Gasteiger partial charge in [-0.3, -0.25) is 0 Å². The van der Waals surface area contributed by atoms with E-state index < -0.39 is 7.92 Å². The molecule has 2 aliphatic rings. The fourth-order valence-electron chi connectivity index (χ4n) is 5.67. The average Bonchev–Trinajstić information content (AvgIpc) is 2.80. The first-order chi connectivity index (χ1) is 14.3. The Labute approximate surface area is 177 Å². The first-order valence-corrected chi connectivity index (χ1v) is 13.2. The highest BCUT2D eigenvalue weighted by molar-refractivity contribution is 7.67. The van der Waals surface area contributed by atoms with Gasteiger partial charge in [0.15, 0.2) is 0 Å². The van der Waals surface area contributed by atoms with Crippen LogP contribution >= 0.6 is 7.92 Å². The van der Waals surface area contributed by atoms with Crippen molar-refractivity contribution >= 4 is 13.2 Å². The van der Waals surface area contributed by atoms with Gasteiger partial charge in [-0.2, -0.15) is 0 Å². The van der Waals surface area contributed by atoms with E-state index in [1.807, 2.05) is 6.07 Å². The molecule has 0 saturated heterocycles. The number of hydrogen-bond donors (Lipinski definition) is 0. The summed E-state index contributed by atoms with van der Waals surface area (Å²) in [5, 5.41) is 1.62. The van der Waals surface area contributed by atoms with Gasteiger partial charge in [-0.05, 0) is 69.6 Å². The lowest BCUT2D eigenvalue weighted by Gasteiger charge is -2.33. The fourth-order valence-corrected chi connectivity index (χ4v) is 10.1. The molecular weight excluding hydrogens is 375 g/mol. The summed E-state index contributed by atoms with van der Waals surface area (Å²) in [6.07, 6.45) is 14.3. The number of benzene rings is 2. The second kappa shape index (κ2) is 9.98. The molecule has 3 heteroatoms. The molecule has 0 N–H and O–H groups in total. The molecule has 0 heterocycles. The molecule has 4 rings (SSSR count). The van der Waals surface area contributed by atoms with E-state index in [9.17, 15) is 0 Å². The molecule has 156 valence electrons. The van der Waals surface area contributed by atoms with Crippen molar-refractivity contribution in [2.45, 2.75) is 75.5 Å². The third-order valence-electron chi connectivity index (χ3n) is 7.03. The summed E-state index contributed by atoms with van der Waals surface area (Å²) >= 11 is 0. The molecule has 0 unspecified atom stereocenters. The molecule has 2 aromatic carbocycles. The quantitative estimate of drug-likeness (QED) is 0.483. The van der Waals surface area contributed by atoms with Crippen LogP contribution in [0.25, 0.3) is 11.1 Å². The lowest BCUT2D eigenvalue weighted by Crippen LogP contribution is -2.27. The van der Waals surface area contributed by atoms with E-state index >= 15 is 0 Å². The van der Waals surface area contributed by atoms with Crippen LogP contribution in [-0.2, 0) is 0 Å². The lowest BCUT2D eigenvalue weighted by atomic mass is 9.99. The molecule has 0 radical (unpaired) electrons. The van der Waals surface area contributed by atoms with Gasteiger partial charge in [0.25, 0.3) is 0 Å². The maximum Gasteiger partial charge on any atom is 0.130 e. The second-order valence-corrected chi connectivity index (χ2v) is 11.8. The van der Waals surface area contributed by atoms with E-state index in [2.05, 4.69) is 36.4 Å². The van der Waals surface area contributed by atoms with E-state index in [0.717, 1.165) is 28.4 Å². The van der Waals surface area contributed by atoms with Gasteiger partial charge in [0.05, 0.1) is 31.1 Å². The Morgan fingerprint density at radius 1 is 0.655 bits per heavy atom. The Morgan fingerprint density at radius 2 is 1.17 bits per heavy atom. The summed E-state index contributed by atoms with van der Waals surface area (Å²) < 4.78 is 11.6. The normalized spacial score (nSPS) is 18.7.